The first-order valence-electron chi connectivity index (χ1n) is 19.8. The van der Waals surface area contributed by atoms with Crippen molar-refractivity contribution in [3.05, 3.63) is 229 Å². The summed E-state index contributed by atoms with van der Waals surface area (Å²) in [5.74, 6) is 0.581. The standard InChI is InChI=1S/C55H38N4S/c1-37(40-15-5-3-6-16-40)57-54(58-38(2)41-17-7-4-8-18-41)46-21-14-20-45(34-46)48-23-9-10-24-50(48)51-35-44(31-32-49(51)42-29-27-39(36-56)28-30-42)43-19-13-22-47(33-43)55-59-52-25-11-12-26-53(52)60-55/h3-35H,1H2,2H3. The van der Waals surface area contributed by atoms with Crippen molar-refractivity contribution in [2.24, 2.45) is 9.98 Å². The molecule has 0 atom stereocenters. The maximum atomic E-state index is 9.60. The van der Waals surface area contributed by atoms with Gasteiger partial charge < -0.3 is 0 Å². The van der Waals surface area contributed by atoms with Crippen LogP contribution in [0.2, 0.25) is 0 Å². The van der Waals surface area contributed by atoms with Gasteiger partial charge in [-0.15, -0.1) is 11.3 Å². The van der Waals surface area contributed by atoms with Crippen molar-refractivity contribution in [3.63, 3.8) is 0 Å². The number of hydrogen-bond acceptors (Lipinski definition) is 4. The van der Waals surface area contributed by atoms with Gasteiger partial charge in [0.1, 0.15) is 5.01 Å². The average molecular weight is 787 g/mol. The summed E-state index contributed by atoms with van der Waals surface area (Å²) >= 11 is 1.71. The van der Waals surface area contributed by atoms with Crippen LogP contribution < -0.4 is 0 Å². The second kappa shape index (κ2) is 17.0. The van der Waals surface area contributed by atoms with Gasteiger partial charge in [-0.1, -0.05) is 164 Å². The molecule has 1 aromatic heterocycles. The third-order valence-electron chi connectivity index (χ3n) is 10.5. The van der Waals surface area contributed by atoms with Crippen LogP contribution in [0.15, 0.2) is 217 Å². The first-order valence-corrected chi connectivity index (χ1v) is 20.6. The van der Waals surface area contributed by atoms with Crippen molar-refractivity contribution in [2.45, 2.75) is 6.92 Å². The van der Waals surface area contributed by atoms with Gasteiger partial charge >= 0.3 is 0 Å². The number of hydrogen-bond donors (Lipinski definition) is 0. The van der Waals surface area contributed by atoms with E-state index in [1.807, 2.05) is 85.8 Å². The Hall–Kier alpha value is -7.78. The monoisotopic (exact) mass is 786 g/mol. The second-order valence-corrected chi connectivity index (χ2v) is 15.5. The van der Waals surface area contributed by atoms with Gasteiger partial charge in [0.2, 0.25) is 0 Å². The molecule has 1 heterocycles. The highest BCUT2D eigenvalue weighted by atomic mass is 32.1. The van der Waals surface area contributed by atoms with Gasteiger partial charge in [-0.2, -0.15) is 5.26 Å². The number of nitrogens with zero attached hydrogens (tertiary/aromatic N) is 4. The van der Waals surface area contributed by atoms with Crippen LogP contribution in [0.4, 0.5) is 0 Å². The average Bonchev–Trinajstić information content (AvgIpc) is 3.77. The van der Waals surface area contributed by atoms with Crippen molar-refractivity contribution < 1.29 is 0 Å². The maximum Gasteiger partial charge on any atom is 0.160 e. The molecule has 5 heteroatoms. The van der Waals surface area contributed by atoms with Gasteiger partial charge in [0.05, 0.1) is 27.5 Å². The van der Waals surface area contributed by atoms with E-state index >= 15 is 0 Å². The summed E-state index contributed by atoms with van der Waals surface area (Å²) in [5.41, 5.74) is 15.6. The molecule has 0 fully saturated rings. The third-order valence-corrected chi connectivity index (χ3v) is 11.6. The van der Waals surface area contributed by atoms with Crippen LogP contribution in [0.25, 0.3) is 71.0 Å². The fourth-order valence-electron chi connectivity index (χ4n) is 7.43. The van der Waals surface area contributed by atoms with Gasteiger partial charge in [-0.3, -0.25) is 0 Å². The molecule has 284 valence electrons. The number of aromatic nitrogens is 1. The number of amidine groups is 1. The molecule has 0 aliphatic rings. The Balaban J connectivity index is 1.17. The fraction of sp³-hybridized carbons (Fsp3) is 0.0182. The Kier molecular flexibility index (Phi) is 10.7. The minimum atomic E-state index is 0.581. The molecule has 0 saturated carbocycles. The highest BCUT2D eigenvalue weighted by Gasteiger charge is 2.17. The summed E-state index contributed by atoms with van der Waals surface area (Å²) in [6.07, 6.45) is 0. The first-order chi connectivity index (χ1) is 29.5. The zero-order valence-electron chi connectivity index (χ0n) is 33.0. The quantitative estimate of drug-likeness (QED) is 0.108. The molecule has 0 aliphatic heterocycles. The molecule has 0 unspecified atom stereocenters. The maximum absolute atomic E-state index is 9.60. The second-order valence-electron chi connectivity index (χ2n) is 14.5. The highest BCUT2D eigenvalue weighted by Crippen LogP contribution is 2.41. The lowest BCUT2D eigenvalue weighted by Crippen LogP contribution is -2.04. The van der Waals surface area contributed by atoms with Crippen LogP contribution in [-0.2, 0) is 0 Å². The van der Waals surface area contributed by atoms with E-state index in [0.717, 1.165) is 83.0 Å². The molecule has 0 spiro atoms. The zero-order valence-corrected chi connectivity index (χ0v) is 33.8. The van der Waals surface area contributed by atoms with Crippen LogP contribution in [0, 0.1) is 11.3 Å². The summed E-state index contributed by atoms with van der Waals surface area (Å²) in [5, 5.41) is 10.6. The minimum absolute atomic E-state index is 0.581. The molecule has 0 bridgehead atoms. The summed E-state index contributed by atoms with van der Waals surface area (Å²) in [4.78, 5) is 15.1. The van der Waals surface area contributed by atoms with Crippen LogP contribution in [0.1, 0.15) is 29.2 Å². The summed E-state index contributed by atoms with van der Waals surface area (Å²) in [7, 11) is 0. The Morgan fingerprint density at radius 2 is 1.10 bits per heavy atom. The SMILES string of the molecule is C=C(N=C(N=C(C)c1ccccc1)c1cccc(-c2ccccc2-c2cc(-c3cccc(-c4nc5ccccc5s4)c3)ccc2-c2ccc(C#N)cc2)c1)c1ccccc1. The van der Waals surface area contributed by atoms with Crippen molar-refractivity contribution in [1.82, 2.24) is 4.98 Å². The van der Waals surface area contributed by atoms with E-state index in [0.29, 0.717) is 17.1 Å². The first kappa shape index (κ1) is 37.8. The van der Waals surface area contributed by atoms with E-state index in [4.69, 9.17) is 15.0 Å². The topological polar surface area (TPSA) is 61.4 Å². The lowest BCUT2D eigenvalue weighted by Gasteiger charge is -2.17. The molecule has 0 saturated heterocycles. The zero-order chi connectivity index (χ0) is 40.8. The summed E-state index contributed by atoms with van der Waals surface area (Å²) < 4.78 is 1.17. The van der Waals surface area contributed by atoms with Gasteiger partial charge in [-0.05, 0) is 105 Å². The lowest BCUT2D eigenvalue weighted by atomic mass is 9.87. The molecular weight excluding hydrogens is 749 g/mol. The molecule has 0 radical (unpaired) electrons. The third kappa shape index (κ3) is 8.01. The normalized spacial score (nSPS) is 11.7. The van der Waals surface area contributed by atoms with Crippen molar-refractivity contribution in [1.29, 1.82) is 5.26 Å². The van der Waals surface area contributed by atoms with E-state index in [1.165, 1.54) is 4.70 Å². The molecule has 0 N–H and O–H groups in total. The van der Waals surface area contributed by atoms with Gasteiger partial charge in [0.25, 0.3) is 0 Å². The van der Waals surface area contributed by atoms with Crippen LogP contribution >= 0.6 is 11.3 Å². The predicted octanol–water partition coefficient (Wildman–Crippen LogP) is 14.4. The van der Waals surface area contributed by atoms with E-state index in [1.54, 1.807) is 11.3 Å². The molecule has 8 aromatic carbocycles. The Bertz CT molecular complexity index is 3080. The minimum Gasteiger partial charge on any atom is -0.236 e. The van der Waals surface area contributed by atoms with Gasteiger partial charge in [0, 0.05) is 16.8 Å². The summed E-state index contributed by atoms with van der Waals surface area (Å²) in [6, 6.07) is 70.8. The number of nitriles is 1. The highest BCUT2D eigenvalue weighted by molar-refractivity contribution is 7.21. The number of benzene rings is 8. The fourth-order valence-corrected chi connectivity index (χ4v) is 8.39. The molecule has 0 aliphatic carbocycles. The molecule has 4 nitrogen and oxygen atoms in total. The number of rotatable bonds is 9. The molecular formula is C55H38N4S. The van der Waals surface area contributed by atoms with E-state index in [2.05, 4.69) is 134 Å². The number of para-hydroxylation sites is 1. The molecule has 60 heavy (non-hydrogen) atoms. The van der Waals surface area contributed by atoms with Crippen molar-refractivity contribution in [3.8, 4) is 61.1 Å². The van der Waals surface area contributed by atoms with E-state index in [9.17, 15) is 5.26 Å². The lowest BCUT2D eigenvalue weighted by molar-refractivity contribution is 1.44. The number of thiazole rings is 1. The predicted molar refractivity (Wildman–Crippen MR) is 252 cm³/mol. The largest absolute Gasteiger partial charge is 0.236 e. The van der Waals surface area contributed by atoms with Crippen LogP contribution in [0.3, 0.4) is 0 Å². The van der Waals surface area contributed by atoms with E-state index in [-0.39, 0.29) is 0 Å². The number of fused-ring (bicyclic) bond motifs is 1. The smallest absolute Gasteiger partial charge is 0.160 e. The Morgan fingerprint density at radius 1 is 0.500 bits per heavy atom. The van der Waals surface area contributed by atoms with Gasteiger partial charge in [0.15, 0.2) is 5.84 Å². The van der Waals surface area contributed by atoms with Crippen molar-refractivity contribution in [2.75, 3.05) is 0 Å². The Morgan fingerprint density at radius 3 is 1.87 bits per heavy atom. The molecule has 9 rings (SSSR count). The van der Waals surface area contributed by atoms with Crippen LogP contribution in [0.5, 0.6) is 0 Å². The van der Waals surface area contributed by atoms with Gasteiger partial charge in [-0.25, -0.2) is 15.0 Å². The number of aliphatic imine (C=N–C) groups is 2. The molecule has 9 aromatic rings. The summed E-state index contributed by atoms with van der Waals surface area (Å²) in [6.45, 7) is 6.36. The molecule has 0 amide bonds. The van der Waals surface area contributed by atoms with E-state index < -0.39 is 0 Å². The van der Waals surface area contributed by atoms with Crippen molar-refractivity contribution >= 4 is 38.8 Å². The Labute approximate surface area is 354 Å². The van der Waals surface area contributed by atoms with Crippen LogP contribution in [-0.4, -0.2) is 16.5 Å².